The number of benzene rings is 3. The number of ether oxygens (including phenoxy) is 2. The van der Waals surface area contributed by atoms with E-state index in [0.717, 1.165) is 28.1 Å². The molecular formula is C31H32N2O3. The average Bonchev–Trinajstić information content (AvgIpc) is 2.92. The van der Waals surface area contributed by atoms with Crippen molar-refractivity contribution in [1.82, 2.24) is 10.3 Å². The molecule has 1 heterocycles. The third-order valence-electron chi connectivity index (χ3n) is 5.92. The van der Waals surface area contributed by atoms with Gasteiger partial charge in [-0.05, 0) is 54.8 Å². The minimum absolute atomic E-state index is 0.175. The van der Waals surface area contributed by atoms with Gasteiger partial charge in [0.15, 0.2) is 0 Å². The first-order chi connectivity index (χ1) is 17.5. The van der Waals surface area contributed by atoms with Crippen molar-refractivity contribution in [3.63, 3.8) is 0 Å². The first-order valence-electron chi connectivity index (χ1n) is 12.1. The average molecular weight is 481 g/mol. The lowest BCUT2D eigenvalue weighted by molar-refractivity contribution is -0.135. The monoisotopic (exact) mass is 480 g/mol. The van der Waals surface area contributed by atoms with Crippen LogP contribution in [0.25, 0.3) is 0 Å². The van der Waals surface area contributed by atoms with Crippen LogP contribution in [0.4, 0.5) is 0 Å². The van der Waals surface area contributed by atoms with Gasteiger partial charge in [-0.25, -0.2) is 0 Å². The Morgan fingerprint density at radius 1 is 0.778 bits per heavy atom. The Bertz CT molecular complexity index is 1210. The molecule has 0 spiro atoms. The Balaban J connectivity index is 1.43. The van der Waals surface area contributed by atoms with E-state index in [-0.39, 0.29) is 5.91 Å². The molecule has 0 bridgehead atoms. The number of nitrogens with zero attached hydrogens (tertiary/aromatic N) is 1. The van der Waals surface area contributed by atoms with Crippen LogP contribution in [0.5, 0.6) is 5.75 Å². The first kappa shape index (κ1) is 25.1. The number of carbonyl (C=O) groups is 1. The van der Waals surface area contributed by atoms with Crippen molar-refractivity contribution < 1.29 is 14.3 Å². The van der Waals surface area contributed by atoms with Crippen molar-refractivity contribution in [2.75, 3.05) is 0 Å². The molecule has 0 fully saturated rings. The molecule has 0 aliphatic carbocycles. The van der Waals surface area contributed by atoms with Crippen LogP contribution in [0.2, 0.25) is 0 Å². The number of nitrogens with one attached hydrogen (secondary N) is 1. The Morgan fingerprint density at radius 2 is 1.39 bits per heavy atom. The molecule has 1 atom stereocenters. The topological polar surface area (TPSA) is 60.5 Å². The van der Waals surface area contributed by atoms with Gasteiger partial charge in [0, 0.05) is 12.6 Å². The van der Waals surface area contributed by atoms with Crippen LogP contribution in [-0.2, 0) is 34.7 Å². The predicted octanol–water partition coefficient (Wildman–Crippen LogP) is 5.84. The van der Waals surface area contributed by atoms with Gasteiger partial charge in [-0.1, -0.05) is 78.9 Å². The molecule has 0 aliphatic heterocycles. The molecule has 3 aromatic carbocycles. The molecule has 5 nitrogen and oxygen atoms in total. The molecule has 5 heteroatoms. The maximum atomic E-state index is 13.4. The molecule has 0 saturated heterocycles. The normalized spacial score (nSPS) is 12.1. The van der Waals surface area contributed by atoms with Gasteiger partial charge < -0.3 is 14.8 Å². The second kappa shape index (κ2) is 12.1. The van der Waals surface area contributed by atoms with Crippen LogP contribution in [0.1, 0.15) is 36.2 Å². The fourth-order valence-electron chi connectivity index (χ4n) is 3.86. The second-order valence-corrected chi connectivity index (χ2v) is 9.24. The molecule has 4 aromatic rings. The van der Waals surface area contributed by atoms with Gasteiger partial charge in [-0.2, -0.15) is 0 Å². The van der Waals surface area contributed by atoms with E-state index >= 15 is 0 Å². The number of carbonyl (C=O) groups excluding carboxylic acids is 1. The van der Waals surface area contributed by atoms with E-state index < -0.39 is 11.6 Å². The number of pyridine rings is 1. The van der Waals surface area contributed by atoms with Gasteiger partial charge in [0.05, 0.1) is 17.8 Å². The summed E-state index contributed by atoms with van der Waals surface area (Å²) in [4.78, 5) is 17.8. The van der Waals surface area contributed by atoms with E-state index in [1.165, 1.54) is 0 Å². The van der Waals surface area contributed by atoms with Crippen LogP contribution in [0, 0.1) is 0 Å². The van der Waals surface area contributed by atoms with Crippen LogP contribution < -0.4 is 10.1 Å². The summed E-state index contributed by atoms with van der Waals surface area (Å²) in [6, 6.07) is 33.5. The van der Waals surface area contributed by atoms with Gasteiger partial charge >= 0.3 is 0 Å². The molecule has 1 N–H and O–H groups in total. The summed E-state index contributed by atoms with van der Waals surface area (Å²) in [5.74, 6) is 0.607. The van der Waals surface area contributed by atoms with E-state index in [0.29, 0.717) is 19.6 Å². The largest absolute Gasteiger partial charge is 0.489 e. The van der Waals surface area contributed by atoms with Crippen molar-refractivity contribution in [3.8, 4) is 5.75 Å². The van der Waals surface area contributed by atoms with E-state index in [9.17, 15) is 4.79 Å². The highest BCUT2D eigenvalue weighted by Gasteiger charge is 2.29. The van der Waals surface area contributed by atoms with Gasteiger partial charge in [0.25, 0.3) is 0 Å². The second-order valence-electron chi connectivity index (χ2n) is 9.24. The zero-order valence-electron chi connectivity index (χ0n) is 20.8. The van der Waals surface area contributed by atoms with E-state index in [4.69, 9.17) is 9.47 Å². The molecular weight excluding hydrogens is 448 g/mol. The highest BCUT2D eigenvalue weighted by Crippen LogP contribution is 2.20. The van der Waals surface area contributed by atoms with E-state index in [1.807, 2.05) is 117 Å². The maximum Gasteiger partial charge on any atom is 0.250 e. The number of hydrogen-bond acceptors (Lipinski definition) is 4. The van der Waals surface area contributed by atoms with Crippen LogP contribution >= 0.6 is 0 Å². The summed E-state index contributed by atoms with van der Waals surface area (Å²) < 4.78 is 12.0. The van der Waals surface area contributed by atoms with E-state index in [2.05, 4.69) is 10.3 Å². The number of amides is 1. The summed E-state index contributed by atoms with van der Waals surface area (Å²) in [5.41, 5.74) is 3.28. The van der Waals surface area contributed by atoms with Gasteiger partial charge in [-0.15, -0.1) is 0 Å². The number of aromatic nitrogens is 1. The fourth-order valence-corrected chi connectivity index (χ4v) is 3.86. The molecule has 36 heavy (non-hydrogen) atoms. The Hall–Kier alpha value is -3.96. The summed E-state index contributed by atoms with van der Waals surface area (Å²) in [5, 5.41) is 3.13. The number of hydrogen-bond donors (Lipinski definition) is 1. The van der Waals surface area contributed by atoms with Crippen molar-refractivity contribution in [1.29, 1.82) is 0 Å². The molecule has 0 aliphatic rings. The summed E-state index contributed by atoms with van der Waals surface area (Å²) in [7, 11) is 0. The lowest BCUT2D eigenvalue weighted by Crippen LogP contribution is -2.47. The quantitative estimate of drug-likeness (QED) is 0.293. The maximum absolute atomic E-state index is 13.4. The SMILES string of the molecule is CC(C)(NC(=O)[C@@H](Cc1ccc(OCc2ccccc2)cc1)OCc1ccccc1)c1ccccn1. The number of rotatable bonds is 11. The van der Waals surface area contributed by atoms with Crippen molar-refractivity contribution in [2.24, 2.45) is 0 Å². The molecule has 0 unspecified atom stereocenters. The summed E-state index contributed by atoms with van der Waals surface area (Å²) in [6.45, 7) is 4.75. The van der Waals surface area contributed by atoms with Gasteiger partial charge in [-0.3, -0.25) is 9.78 Å². The van der Waals surface area contributed by atoms with Crippen LogP contribution in [0.15, 0.2) is 109 Å². The Labute approximate surface area is 213 Å². The molecule has 4 rings (SSSR count). The smallest absolute Gasteiger partial charge is 0.250 e. The van der Waals surface area contributed by atoms with Gasteiger partial charge in [0.2, 0.25) is 5.91 Å². The summed E-state index contributed by atoms with van der Waals surface area (Å²) >= 11 is 0. The third kappa shape index (κ3) is 7.27. The lowest BCUT2D eigenvalue weighted by Gasteiger charge is -2.28. The summed E-state index contributed by atoms with van der Waals surface area (Å²) in [6.07, 6.45) is 1.51. The molecule has 0 saturated carbocycles. The molecule has 1 amide bonds. The fraction of sp³-hybridized carbons (Fsp3) is 0.226. The lowest BCUT2D eigenvalue weighted by atomic mass is 9.98. The van der Waals surface area contributed by atoms with Crippen LogP contribution in [-0.4, -0.2) is 17.0 Å². The Kier molecular flexibility index (Phi) is 8.48. The Morgan fingerprint density at radius 3 is 2.00 bits per heavy atom. The van der Waals surface area contributed by atoms with E-state index in [1.54, 1.807) is 6.20 Å². The standard InChI is InChI=1S/C31H32N2O3/c1-31(2,29-15-9-10-20-32-29)33-30(34)28(36-23-26-13-7-4-8-14-26)21-24-16-18-27(19-17-24)35-22-25-11-5-3-6-12-25/h3-20,28H,21-23H2,1-2H3,(H,33,34)/t28-/m1/s1. The molecule has 184 valence electrons. The third-order valence-corrected chi connectivity index (χ3v) is 5.92. The minimum Gasteiger partial charge on any atom is -0.489 e. The van der Waals surface area contributed by atoms with Gasteiger partial charge in [0.1, 0.15) is 18.5 Å². The van der Waals surface area contributed by atoms with Crippen LogP contribution in [0.3, 0.4) is 0 Å². The molecule has 0 radical (unpaired) electrons. The van der Waals surface area contributed by atoms with Crippen molar-refractivity contribution in [3.05, 3.63) is 132 Å². The zero-order chi connectivity index (χ0) is 25.2. The van der Waals surface area contributed by atoms with Crippen molar-refractivity contribution in [2.45, 2.75) is 45.1 Å². The first-order valence-corrected chi connectivity index (χ1v) is 12.1. The highest BCUT2D eigenvalue weighted by atomic mass is 16.5. The highest BCUT2D eigenvalue weighted by molar-refractivity contribution is 5.82. The molecule has 1 aromatic heterocycles. The minimum atomic E-state index is -0.663. The van der Waals surface area contributed by atoms with Crippen molar-refractivity contribution >= 4 is 5.91 Å². The predicted molar refractivity (Wildman–Crippen MR) is 141 cm³/mol. The zero-order valence-corrected chi connectivity index (χ0v) is 20.8.